The molecule has 0 aromatic heterocycles. The van der Waals surface area contributed by atoms with Crippen molar-refractivity contribution in [2.24, 2.45) is 0 Å². The summed E-state index contributed by atoms with van der Waals surface area (Å²) in [6.45, 7) is 0.0512. The Hall–Kier alpha value is -1.92. The lowest BCUT2D eigenvalue weighted by Crippen LogP contribution is -2.39. The lowest BCUT2D eigenvalue weighted by atomic mass is 10.2. The number of rotatable bonds is 3. The lowest BCUT2D eigenvalue weighted by Gasteiger charge is -2.15. The second-order valence-corrected chi connectivity index (χ2v) is 4.48. The first-order chi connectivity index (χ1) is 9.08. The lowest BCUT2D eigenvalue weighted by molar-refractivity contribution is -0.129. The minimum absolute atomic E-state index is 0.0984. The molecule has 1 saturated heterocycles. The summed E-state index contributed by atoms with van der Waals surface area (Å²) in [5.74, 6) is -0.644. The van der Waals surface area contributed by atoms with E-state index in [1.54, 1.807) is 30.3 Å². The summed E-state index contributed by atoms with van der Waals surface area (Å²) in [5, 5.41) is 21.2. The van der Waals surface area contributed by atoms with Crippen molar-refractivity contribution in [3.63, 3.8) is 0 Å². The second kappa shape index (κ2) is 5.81. The highest BCUT2D eigenvalue weighted by atomic mass is 16.3. The number of aliphatic hydroxyl groups excluding tert-OH is 2. The van der Waals surface area contributed by atoms with E-state index in [0.29, 0.717) is 5.56 Å². The zero-order valence-electron chi connectivity index (χ0n) is 10.3. The van der Waals surface area contributed by atoms with Gasteiger partial charge in [-0.3, -0.25) is 9.59 Å². The van der Waals surface area contributed by atoms with Crippen LogP contribution in [-0.2, 0) is 4.79 Å². The summed E-state index contributed by atoms with van der Waals surface area (Å²) >= 11 is 0. The maximum atomic E-state index is 11.8. The van der Waals surface area contributed by atoms with Gasteiger partial charge in [0.05, 0.1) is 18.8 Å². The normalized spacial score (nSPS) is 22.3. The first kappa shape index (κ1) is 13.5. The number of nitrogens with zero attached hydrogens (tertiary/aromatic N) is 1. The molecule has 0 aliphatic carbocycles. The standard InChI is InChI=1S/C13H16N2O4/c16-10-7-15(8-11(10)17)12(18)6-14-13(19)9-4-2-1-3-5-9/h1-5,10-11,16-17H,6-8H2,(H,14,19)/t10-,11+. The molecule has 2 rings (SSSR count). The van der Waals surface area contributed by atoms with Crippen LogP contribution < -0.4 is 5.32 Å². The van der Waals surface area contributed by atoms with Crippen LogP contribution in [0.1, 0.15) is 10.4 Å². The fourth-order valence-electron chi connectivity index (χ4n) is 1.93. The Morgan fingerprint density at radius 2 is 1.74 bits per heavy atom. The quantitative estimate of drug-likeness (QED) is 0.652. The van der Waals surface area contributed by atoms with E-state index in [2.05, 4.69) is 5.32 Å². The number of hydrogen-bond acceptors (Lipinski definition) is 4. The molecule has 1 aromatic rings. The summed E-state index contributed by atoms with van der Waals surface area (Å²) < 4.78 is 0. The third-order valence-electron chi connectivity index (χ3n) is 3.05. The number of amides is 2. The van der Waals surface area contributed by atoms with Gasteiger partial charge in [-0.1, -0.05) is 18.2 Å². The van der Waals surface area contributed by atoms with E-state index in [1.807, 2.05) is 0 Å². The molecule has 1 fully saturated rings. The summed E-state index contributed by atoms with van der Waals surface area (Å²) in [6.07, 6.45) is -1.82. The molecule has 0 radical (unpaired) electrons. The van der Waals surface area contributed by atoms with Crippen LogP contribution in [0.5, 0.6) is 0 Å². The van der Waals surface area contributed by atoms with E-state index in [-0.39, 0.29) is 31.4 Å². The van der Waals surface area contributed by atoms with Crippen molar-refractivity contribution in [3.05, 3.63) is 35.9 Å². The Bertz CT molecular complexity index is 453. The third-order valence-corrected chi connectivity index (χ3v) is 3.05. The molecule has 1 heterocycles. The average Bonchev–Trinajstić information content (AvgIpc) is 2.77. The Labute approximate surface area is 110 Å². The second-order valence-electron chi connectivity index (χ2n) is 4.48. The van der Waals surface area contributed by atoms with Gasteiger partial charge in [0, 0.05) is 18.7 Å². The number of benzene rings is 1. The fraction of sp³-hybridized carbons (Fsp3) is 0.385. The minimum atomic E-state index is -0.909. The van der Waals surface area contributed by atoms with Gasteiger partial charge < -0.3 is 20.4 Å². The minimum Gasteiger partial charge on any atom is -0.388 e. The maximum Gasteiger partial charge on any atom is 0.251 e. The van der Waals surface area contributed by atoms with E-state index in [1.165, 1.54) is 4.90 Å². The van der Waals surface area contributed by atoms with Crippen molar-refractivity contribution in [2.45, 2.75) is 12.2 Å². The monoisotopic (exact) mass is 264 g/mol. The van der Waals surface area contributed by atoms with E-state index in [9.17, 15) is 19.8 Å². The highest BCUT2D eigenvalue weighted by Gasteiger charge is 2.32. The molecule has 0 spiro atoms. The van der Waals surface area contributed by atoms with Crippen molar-refractivity contribution in [1.82, 2.24) is 10.2 Å². The number of hydrogen-bond donors (Lipinski definition) is 3. The molecular weight excluding hydrogens is 248 g/mol. The topological polar surface area (TPSA) is 89.9 Å². The Morgan fingerprint density at radius 1 is 1.16 bits per heavy atom. The van der Waals surface area contributed by atoms with Crippen molar-refractivity contribution < 1.29 is 19.8 Å². The number of nitrogens with one attached hydrogen (secondary N) is 1. The van der Waals surface area contributed by atoms with Crippen molar-refractivity contribution >= 4 is 11.8 Å². The van der Waals surface area contributed by atoms with Gasteiger partial charge in [-0.2, -0.15) is 0 Å². The fourth-order valence-corrected chi connectivity index (χ4v) is 1.93. The van der Waals surface area contributed by atoms with Gasteiger partial charge in [0.15, 0.2) is 0 Å². The third kappa shape index (κ3) is 3.30. The van der Waals surface area contributed by atoms with E-state index in [4.69, 9.17) is 0 Å². The van der Waals surface area contributed by atoms with Gasteiger partial charge in [0.1, 0.15) is 0 Å². The predicted octanol–water partition coefficient (Wildman–Crippen LogP) is -1.02. The molecule has 6 nitrogen and oxygen atoms in total. The van der Waals surface area contributed by atoms with Gasteiger partial charge in [0.25, 0.3) is 5.91 Å². The Morgan fingerprint density at radius 3 is 2.32 bits per heavy atom. The predicted molar refractivity (Wildman–Crippen MR) is 67.4 cm³/mol. The van der Waals surface area contributed by atoms with Crippen molar-refractivity contribution in [3.8, 4) is 0 Å². The summed E-state index contributed by atoms with van der Waals surface area (Å²) in [6, 6.07) is 8.59. The largest absolute Gasteiger partial charge is 0.388 e. The van der Waals surface area contributed by atoms with Crippen LogP contribution >= 0.6 is 0 Å². The zero-order valence-corrected chi connectivity index (χ0v) is 10.3. The van der Waals surface area contributed by atoms with Crippen molar-refractivity contribution in [1.29, 1.82) is 0 Å². The number of likely N-dealkylation sites (tertiary alicyclic amines) is 1. The number of aliphatic hydroxyl groups is 2. The van der Waals surface area contributed by atoms with Crippen molar-refractivity contribution in [2.75, 3.05) is 19.6 Å². The summed E-state index contributed by atoms with van der Waals surface area (Å²) in [4.78, 5) is 24.8. The summed E-state index contributed by atoms with van der Waals surface area (Å²) in [7, 11) is 0. The van der Waals surface area contributed by atoms with Gasteiger partial charge in [-0.15, -0.1) is 0 Å². The van der Waals surface area contributed by atoms with Crippen LogP contribution in [0, 0.1) is 0 Å². The molecule has 0 bridgehead atoms. The number of carbonyl (C=O) groups is 2. The highest BCUT2D eigenvalue weighted by molar-refractivity contribution is 5.96. The molecule has 102 valence electrons. The van der Waals surface area contributed by atoms with Gasteiger partial charge in [0.2, 0.25) is 5.91 Å². The molecule has 1 aromatic carbocycles. The molecular formula is C13H16N2O4. The molecule has 1 aliphatic heterocycles. The van der Waals surface area contributed by atoms with Crippen LogP contribution in [0.3, 0.4) is 0 Å². The van der Waals surface area contributed by atoms with Crippen LogP contribution in [0.2, 0.25) is 0 Å². The van der Waals surface area contributed by atoms with E-state index >= 15 is 0 Å². The SMILES string of the molecule is O=C(NCC(=O)N1C[C@@H](O)[C@@H](O)C1)c1ccccc1. The molecule has 2 amide bonds. The smallest absolute Gasteiger partial charge is 0.251 e. The van der Waals surface area contributed by atoms with E-state index in [0.717, 1.165) is 0 Å². The molecule has 1 aliphatic rings. The molecule has 2 atom stereocenters. The average molecular weight is 264 g/mol. The highest BCUT2D eigenvalue weighted by Crippen LogP contribution is 2.09. The van der Waals surface area contributed by atoms with Crippen LogP contribution in [0.15, 0.2) is 30.3 Å². The van der Waals surface area contributed by atoms with Crippen LogP contribution in [0.4, 0.5) is 0 Å². The first-order valence-corrected chi connectivity index (χ1v) is 6.05. The first-order valence-electron chi connectivity index (χ1n) is 6.05. The zero-order chi connectivity index (χ0) is 13.8. The molecule has 0 saturated carbocycles. The van der Waals surface area contributed by atoms with Gasteiger partial charge in [-0.05, 0) is 12.1 Å². The molecule has 0 unspecified atom stereocenters. The van der Waals surface area contributed by atoms with Crippen LogP contribution in [-0.4, -0.2) is 58.8 Å². The molecule has 19 heavy (non-hydrogen) atoms. The molecule has 3 N–H and O–H groups in total. The van der Waals surface area contributed by atoms with E-state index < -0.39 is 12.2 Å². The maximum absolute atomic E-state index is 11.8. The van der Waals surface area contributed by atoms with Crippen LogP contribution in [0.25, 0.3) is 0 Å². The molecule has 6 heteroatoms. The van der Waals surface area contributed by atoms with Gasteiger partial charge >= 0.3 is 0 Å². The summed E-state index contributed by atoms with van der Waals surface area (Å²) in [5.41, 5.74) is 0.483. The number of β-amino-alcohol motifs (C(OH)–C–C–N with tert-alkyl or cyclic N) is 2. The van der Waals surface area contributed by atoms with Gasteiger partial charge in [-0.25, -0.2) is 0 Å². The number of carbonyl (C=O) groups excluding carboxylic acids is 2. The Balaban J connectivity index is 1.83. The Kier molecular flexibility index (Phi) is 4.13.